The van der Waals surface area contributed by atoms with Crippen LogP contribution in [0.5, 0.6) is 0 Å². The van der Waals surface area contributed by atoms with E-state index < -0.39 is 0 Å². The average Bonchev–Trinajstić information content (AvgIpc) is 3.25. The molecule has 1 aliphatic rings. The van der Waals surface area contributed by atoms with Crippen LogP contribution in [0.25, 0.3) is 0 Å². The SMILES string of the molecule is CCCCN(C)C1CCc2c(c(C(=O)NCc3cccs3)nn2C)C1. The Morgan fingerprint density at radius 3 is 3.08 bits per heavy atom. The van der Waals surface area contributed by atoms with Crippen molar-refractivity contribution in [1.29, 1.82) is 0 Å². The summed E-state index contributed by atoms with van der Waals surface area (Å²) < 4.78 is 1.90. The Kier molecular flexibility index (Phi) is 5.91. The fourth-order valence-electron chi connectivity index (χ4n) is 3.58. The van der Waals surface area contributed by atoms with Crippen LogP contribution in [0.1, 0.15) is 52.8 Å². The van der Waals surface area contributed by atoms with Crippen molar-refractivity contribution in [3.63, 3.8) is 0 Å². The standard InChI is InChI=1S/C19H28N4OS/c1-4-5-10-22(2)14-8-9-17-16(12-14)18(21-23(17)3)19(24)20-13-15-7-6-11-25-15/h6-7,11,14H,4-5,8-10,12-13H2,1-3H3,(H,20,24). The van der Waals surface area contributed by atoms with E-state index in [1.807, 2.05) is 29.2 Å². The molecule has 2 aromatic rings. The summed E-state index contributed by atoms with van der Waals surface area (Å²) >= 11 is 1.66. The monoisotopic (exact) mass is 360 g/mol. The van der Waals surface area contributed by atoms with Gasteiger partial charge in [0.25, 0.3) is 5.91 Å². The lowest BCUT2D eigenvalue weighted by atomic mass is 9.90. The van der Waals surface area contributed by atoms with Crippen molar-refractivity contribution in [3.05, 3.63) is 39.3 Å². The van der Waals surface area contributed by atoms with Crippen LogP contribution in [0.2, 0.25) is 0 Å². The summed E-state index contributed by atoms with van der Waals surface area (Å²) in [5.74, 6) is -0.0536. The van der Waals surface area contributed by atoms with Crippen LogP contribution in [0.4, 0.5) is 0 Å². The number of aromatic nitrogens is 2. The zero-order valence-corrected chi connectivity index (χ0v) is 16.2. The number of unbranched alkanes of at least 4 members (excludes halogenated alkanes) is 1. The molecule has 0 aliphatic heterocycles. The molecule has 1 N–H and O–H groups in total. The summed E-state index contributed by atoms with van der Waals surface area (Å²) in [7, 11) is 4.16. The molecule has 1 unspecified atom stereocenters. The second-order valence-corrected chi connectivity index (χ2v) is 7.92. The van der Waals surface area contributed by atoms with Crippen LogP contribution in [-0.2, 0) is 26.4 Å². The van der Waals surface area contributed by atoms with Gasteiger partial charge in [-0.05, 0) is 50.7 Å². The molecule has 1 aliphatic carbocycles. The number of amides is 1. The fraction of sp³-hybridized carbons (Fsp3) is 0.579. The zero-order chi connectivity index (χ0) is 17.8. The molecule has 0 radical (unpaired) electrons. The highest BCUT2D eigenvalue weighted by atomic mass is 32.1. The quantitative estimate of drug-likeness (QED) is 0.826. The summed E-state index contributed by atoms with van der Waals surface area (Å²) in [5.41, 5.74) is 2.98. The molecule has 6 heteroatoms. The highest BCUT2D eigenvalue weighted by Gasteiger charge is 2.29. The van der Waals surface area contributed by atoms with Gasteiger partial charge in [0, 0.05) is 29.2 Å². The predicted octanol–water partition coefficient (Wildman–Crippen LogP) is 3.00. The van der Waals surface area contributed by atoms with Crippen LogP contribution < -0.4 is 5.32 Å². The Labute approximate surface area is 154 Å². The van der Waals surface area contributed by atoms with Crippen LogP contribution in [0.3, 0.4) is 0 Å². The van der Waals surface area contributed by atoms with Crippen molar-refractivity contribution < 1.29 is 4.79 Å². The molecular weight excluding hydrogens is 332 g/mol. The molecule has 1 atom stereocenters. The van der Waals surface area contributed by atoms with Gasteiger partial charge in [-0.2, -0.15) is 5.10 Å². The van der Waals surface area contributed by atoms with Crippen LogP contribution in [0, 0.1) is 0 Å². The highest BCUT2D eigenvalue weighted by Crippen LogP contribution is 2.27. The Hall–Kier alpha value is -1.66. The van der Waals surface area contributed by atoms with Gasteiger partial charge >= 0.3 is 0 Å². The van der Waals surface area contributed by atoms with Crippen LogP contribution in [-0.4, -0.2) is 40.2 Å². The van der Waals surface area contributed by atoms with Gasteiger partial charge in [-0.15, -0.1) is 11.3 Å². The second-order valence-electron chi connectivity index (χ2n) is 6.89. The molecular formula is C19H28N4OS. The van der Waals surface area contributed by atoms with E-state index in [-0.39, 0.29) is 5.91 Å². The van der Waals surface area contributed by atoms with Crippen molar-refractivity contribution in [2.75, 3.05) is 13.6 Å². The molecule has 0 spiro atoms. The van der Waals surface area contributed by atoms with Crippen molar-refractivity contribution >= 4 is 17.2 Å². The summed E-state index contributed by atoms with van der Waals surface area (Å²) in [6.45, 7) is 3.92. The van der Waals surface area contributed by atoms with Crippen molar-refractivity contribution in [3.8, 4) is 0 Å². The summed E-state index contributed by atoms with van der Waals surface area (Å²) in [5, 5.41) is 9.59. The van der Waals surface area contributed by atoms with E-state index in [0.717, 1.165) is 36.2 Å². The van der Waals surface area contributed by atoms with Gasteiger partial charge in [-0.1, -0.05) is 19.4 Å². The first-order chi connectivity index (χ1) is 12.1. The topological polar surface area (TPSA) is 50.2 Å². The third-order valence-corrected chi connectivity index (χ3v) is 6.01. The van der Waals surface area contributed by atoms with Crippen LogP contribution in [0.15, 0.2) is 17.5 Å². The molecule has 2 aromatic heterocycles. The summed E-state index contributed by atoms with van der Waals surface area (Å²) in [6, 6.07) is 4.55. The molecule has 136 valence electrons. The lowest BCUT2D eigenvalue weighted by Crippen LogP contribution is -2.37. The zero-order valence-electron chi connectivity index (χ0n) is 15.4. The Morgan fingerprint density at radius 2 is 2.36 bits per heavy atom. The van der Waals surface area contributed by atoms with E-state index in [1.54, 1.807) is 11.3 Å². The number of carbonyl (C=O) groups excluding carboxylic acids is 1. The number of rotatable bonds is 7. The normalized spacial score (nSPS) is 16.9. The molecule has 0 bridgehead atoms. The maximum absolute atomic E-state index is 12.7. The van der Waals surface area contributed by atoms with E-state index in [0.29, 0.717) is 18.3 Å². The number of nitrogens with one attached hydrogen (secondary N) is 1. The molecule has 5 nitrogen and oxygen atoms in total. The molecule has 25 heavy (non-hydrogen) atoms. The van der Waals surface area contributed by atoms with Crippen molar-refractivity contribution in [2.45, 2.75) is 51.6 Å². The summed E-state index contributed by atoms with van der Waals surface area (Å²) in [4.78, 5) is 16.3. The van der Waals surface area contributed by atoms with Gasteiger partial charge < -0.3 is 10.2 Å². The first-order valence-corrected chi connectivity index (χ1v) is 10.0. The highest BCUT2D eigenvalue weighted by molar-refractivity contribution is 7.09. The number of hydrogen-bond donors (Lipinski definition) is 1. The second kappa shape index (κ2) is 8.15. The minimum Gasteiger partial charge on any atom is -0.346 e. The Balaban J connectivity index is 1.71. The fourth-order valence-corrected chi connectivity index (χ4v) is 4.23. The number of hydrogen-bond acceptors (Lipinski definition) is 4. The largest absolute Gasteiger partial charge is 0.346 e. The lowest BCUT2D eigenvalue weighted by Gasteiger charge is -2.31. The Morgan fingerprint density at radius 1 is 1.52 bits per heavy atom. The Bertz CT molecular complexity index is 707. The molecule has 0 aromatic carbocycles. The molecule has 0 fully saturated rings. The third-order valence-electron chi connectivity index (χ3n) is 5.14. The first kappa shape index (κ1) is 18.1. The van der Waals surface area contributed by atoms with E-state index in [9.17, 15) is 4.79 Å². The van der Waals surface area contributed by atoms with Gasteiger partial charge in [0.05, 0.1) is 6.54 Å². The predicted molar refractivity (Wildman–Crippen MR) is 102 cm³/mol. The van der Waals surface area contributed by atoms with E-state index in [1.165, 1.54) is 18.5 Å². The number of aryl methyl sites for hydroxylation is 1. The van der Waals surface area contributed by atoms with Gasteiger partial charge in [-0.3, -0.25) is 9.48 Å². The molecule has 3 rings (SSSR count). The molecule has 2 heterocycles. The van der Waals surface area contributed by atoms with Gasteiger partial charge in [0.15, 0.2) is 5.69 Å². The third kappa shape index (κ3) is 4.12. The van der Waals surface area contributed by atoms with E-state index in [4.69, 9.17) is 0 Å². The molecule has 0 saturated carbocycles. The van der Waals surface area contributed by atoms with Gasteiger partial charge in [-0.25, -0.2) is 0 Å². The lowest BCUT2D eigenvalue weighted by molar-refractivity contribution is 0.0944. The van der Waals surface area contributed by atoms with E-state index in [2.05, 4.69) is 29.3 Å². The van der Waals surface area contributed by atoms with Gasteiger partial charge in [0.1, 0.15) is 0 Å². The number of fused-ring (bicyclic) bond motifs is 1. The average molecular weight is 361 g/mol. The van der Waals surface area contributed by atoms with E-state index >= 15 is 0 Å². The van der Waals surface area contributed by atoms with Crippen molar-refractivity contribution in [2.24, 2.45) is 7.05 Å². The minimum absolute atomic E-state index is 0.0536. The maximum Gasteiger partial charge on any atom is 0.272 e. The number of carbonyl (C=O) groups is 1. The molecule has 0 saturated heterocycles. The summed E-state index contributed by atoms with van der Waals surface area (Å²) in [6.07, 6.45) is 5.50. The maximum atomic E-state index is 12.7. The van der Waals surface area contributed by atoms with Crippen LogP contribution >= 0.6 is 11.3 Å². The van der Waals surface area contributed by atoms with Gasteiger partial charge in [0.2, 0.25) is 0 Å². The van der Waals surface area contributed by atoms with Crippen molar-refractivity contribution in [1.82, 2.24) is 20.0 Å². The number of likely N-dealkylation sites (N-methyl/N-ethyl adjacent to an activating group) is 1. The minimum atomic E-state index is -0.0536. The number of nitrogens with zero attached hydrogens (tertiary/aromatic N) is 3. The first-order valence-electron chi connectivity index (χ1n) is 9.15. The smallest absolute Gasteiger partial charge is 0.272 e. The molecule has 1 amide bonds. The number of thiophene rings is 1.